The molecular weight excluding hydrogens is 394 g/mol. The molecule has 0 aromatic heterocycles. The average molecular weight is 413 g/mol. The van der Waals surface area contributed by atoms with Gasteiger partial charge in [0.25, 0.3) is 0 Å². The van der Waals surface area contributed by atoms with E-state index in [0.29, 0.717) is 0 Å². The lowest BCUT2D eigenvalue weighted by molar-refractivity contribution is 0.407. The Bertz CT molecular complexity index is 614. The smallest absolute Gasteiger partial charge is 0.138 e. The molecule has 0 aliphatic heterocycles. The molecule has 0 atom stereocenters. The molecule has 112 valence electrons. The number of hydrogen-bond donors (Lipinski definition) is 1. The largest absolute Gasteiger partial charge is 0.495 e. The van der Waals surface area contributed by atoms with Gasteiger partial charge in [-0.2, -0.15) is 0 Å². The van der Waals surface area contributed by atoms with E-state index in [1.54, 1.807) is 7.11 Å². The molecule has 2 aromatic rings. The Balaban J connectivity index is 2.20. The second-order valence-corrected chi connectivity index (χ2v) is 6.61. The number of halogens is 2. The lowest BCUT2D eigenvalue weighted by atomic mass is 10.1. The molecule has 1 N–H and O–H groups in total. The summed E-state index contributed by atoms with van der Waals surface area (Å²) in [6, 6.07) is 12.5. The summed E-state index contributed by atoms with van der Waals surface area (Å²) in [6.07, 6.45) is 2.23. The minimum absolute atomic E-state index is 0.724. The summed E-state index contributed by atoms with van der Waals surface area (Å²) in [5.41, 5.74) is 3.66. The van der Waals surface area contributed by atoms with Crippen LogP contribution in [0.25, 0.3) is 0 Å². The summed E-state index contributed by atoms with van der Waals surface area (Å²) in [7, 11) is 1.70. The summed E-state index contributed by atoms with van der Waals surface area (Å²) in [5.74, 6) is 0.874. The van der Waals surface area contributed by atoms with E-state index in [0.717, 1.165) is 39.6 Å². The van der Waals surface area contributed by atoms with Gasteiger partial charge < -0.3 is 10.1 Å². The zero-order valence-corrected chi connectivity index (χ0v) is 15.4. The van der Waals surface area contributed by atoms with Crippen LogP contribution >= 0.6 is 31.9 Å². The van der Waals surface area contributed by atoms with E-state index in [4.69, 9.17) is 4.74 Å². The highest BCUT2D eigenvalue weighted by molar-refractivity contribution is 9.11. The fourth-order valence-corrected chi connectivity index (χ4v) is 3.82. The molecule has 0 unspecified atom stereocenters. The first kappa shape index (κ1) is 16.4. The first-order chi connectivity index (χ1) is 10.2. The van der Waals surface area contributed by atoms with Crippen molar-refractivity contribution in [2.24, 2.45) is 0 Å². The van der Waals surface area contributed by atoms with E-state index in [9.17, 15) is 0 Å². The minimum atomic E-state index is 0.724. The first-order valence-corrected chi connectivity index (χ1v) is 8.58. The Labute approximate surface area is 143 Å². The Morgan fingerprint density at radius 3 is 2.57 bits per heavy atom. The van der Waals surface area contributed by atoms with Crippen LogP contribution in [0, 0.1) is 0 Å². The fourth-order valence-electron chi connectivity index (χ4n) is 2.34. The highest BCUT2D eigenvalue weighted by Gasteiger charge is 2.10. The van der Waals surface area contributed by atoms with E-state index in [1.807, 2.05) is 6.07 Å². The number of aryl methyl sites for hydroxylation is 1. The third-order valence-corrected chi connectivity index (χ3v) is 4.34. The van der Waals surface area contributed by atoms with E-state index >= 15 is 0 Å². The lowest BCUT2D eigenvalue weighted by Gasteiger charge is -2.15. The van der Waals surface area contributed by atoms with Crippen molar-refractivity contribution >= 4 is 37.5 Å². The van der Waals surface area contributed by atoms with Crippen LogP contribution in [0.3, 0.4) is 0 Å². The molecule has 0 aliphatic rings. The maximum Gasteiger partial charge on any atom is 0.138 e. The zero-order chi connectivity index (χ0) is 15.2. The van der Waals surface area contributed by atoms with Gasteiger partial charge in [0.2, 0.25) is 0 Å². The molecule has 0 saturated heterocycles. The number of benzene rings is 2. The Hall–Kier alpha value is -1.000. The number of nitrogens with one attached hydrogen (secondary N) is 1. The molecule has 4 heteroatoms. The first-order valence-electron chi connectivity index (χ1n) is 6.99. The fraction of sp³-hybridized carbons (Fsp3) is 0.294. The highest BCUT2D eigenvalue weighted by Crippen LogP contribution is 2.33. The van der Waals surface area contributed by atoms with Gasteiger partial charge in [-0.1, -0.05) is 47.5 Å². The number of para-hydroxylation sites is 1. The second kappa shape index (κ2) is 7.85. The van der Waals surface area contributed by atoms with E-state index in [2.05, 4.69) is 74.4 Å². The van der Waals surface area contributed by atoms with Crippen LogP contribution in [0.15, 0.2) is 45.3 Å². The quantitative estimate of drug-likeness (QED) is 0.648. The molecule has 0 bridgehead atoms. The zero-order valence-electron chi connectivity index (χ0n) is 12.2. The maximum absolute atomic E-state index is 5.49. The highest BCUT2D eigenvalue weighted by atomic mass is 79.9. The number of methoxy groups -OCH3 is 1. The molecule has 0 spiro atoms. The van der Waals surface area contributed by atoms with Crippen molar-refractivity contribution in [2.75, 3.05) is 12.4 Å². The van der Waals surface area contributed by atoms with Gasteiger partial charge in [-0.3, -0.25) is 0 Å². The van der Waals surface area contributed by atoms with Gasteiger partial charge in [-0.25, -0.2) is 0 Å². The number of rotatable bonds is 6. The van der Waals surface area contributed by atoms with Crippen LogP contribution in [0.4, 0.5) is 5.69 Å². The number of hydrogen-bond acceptors (Lipinski definition) is 2. The van der Waals surface area contributed by atoms with Gasteiger partial charge >= 0.3 is 0 Å². The molecule has 0 saturated carbocycles. The van der Waals surface area contributed by atoms with Gasteiger partial charge in [0.15, 0.2) is 0 Å². The molecule has 0 radical (unpaired) electrons. The topological polar surface area (TPSA) is 21.3 Å². The SMILES string of the molecule is CCCc1ccccc1NCc1cc(Br)cc(Br)c1OC. The van der Waals surface area contributed by atoms with Crippen molar-refractivity contribution in [3.63, 3.8) is 0 Å². The second-order valence-electron chi connectivity index (χ2n) is 4.84. The third kappa shape index (κ3) is 4.24. The standard InChI is InChI=1S/C17H19Br2NO/c1-3-6-12-7-4-5-8-16(12)20-11-13-9-14(18)10-15(19)17(13)21-2/h4-5,7-10,20H,3,6,11H2,1-2H3. The Morgan fingerprint density at radius 1 is 1.10 bits per heavy atom. The van der Waals surface area contributed by atoms with Crippen molar-refractivity contribution in [1.29, 1.82) is 0 Å². The van der Waals surface area contributed by atoms with Crippen molar-refractivity contribution in [2.45, 2.75) is 26.3 Å². The Kier molecular flexibility index (Phi) is 6.12. The van der Waals surface area contributed by atoms with Crippen LogP contribution in [0.1, 0.15) is 24.5 Å². The van der Waals surface area contributed by atoms with Gasteiger partial charge in [0.1, 0.15) is 5.75 Å². The molecule has 2 rings (SSSR count). The van der Waals surface area contributed by atoms with Gasteiger partial charge in [-0.15, -0.1) is 0 Å². The van der Waals surface area contributed by atoms with E-state index < -0.39 is 0 Å². The normalized spacial score (nSPS) is 10.5. The van der Waals surface area contributed by atoms with Crippen molar-refractivity contribution in [3.05, 3.63) is 56.5 Å². The van der Waals surface area contributed by atoms with E-state index in [-0.39, 0.29) is 0 Å². The average Bonchev–Trinajstić information content (AvgIpc) is 2.46. The monoisotopic (exact) mass is 411 g/mol. The van der Waals surface area contributed by atoms with Gasteiger partial charge in [0, 0.05) is 22.3 Å². The van der Waals surface area contributed by atoms with Crippen LogP contribution in [0.5, 0.6) is 5.75 Å². The molecular formula is C17H19Br2NO. The molecule has 0 amide bonds. The predicted molar refractivity (Wildman–Crippen MR) is 96.2 cm³/mol. The Morgan fingerprint density at radius 2 is 1.86 bits per heavy atom. The van der Waals surface area contributed by atoms with Crippen molar-refractivity contribution in [3.8, 4) is 5.75 Å². The predicted octanol–water partition coefficient (Wildman–Crippen LogP) is 5.78. The molecule has 2 aromatic carbocycles. The number of anilines is 1. The summed E-state index contributed by atoms with van der Waals surface area (Å²) in [5, 5.41) is 3.52. The summed E-state index contributed by atoms with van der Waals surface area (Å²) < 4.78 is 7.48. The van der Waals surface area contributed by atoms with E-state index in [1.165, 1.54) is 11.3 Å². The molecule has 21 heavy (non-hydrogen) atoms. The summed E-state index contributed by atoms with van der Waals surface area (Å²) >= 11 is 7.07. The van der Waals surface area contributed by atoms with Crippen LogP contribution in [-0.2, 0) is 13.0 Å². The maximum atomic E-state index is 5.49. The van der Waals surface area contributed by atoms with Crippen molar-refractivity contribution < 1.29 is 4.74 Å². The van der Waals surface area contributed by atoms with Crippen LogP contribution in [0.2, 0.25) is 0 Å². The van der Waals surface area contributed by atoms with Crippen molar-refractivity contribution in [1.82, 2.24) is 0 Å². The minimum Gasteiger partial charge on any atom is -0.495 e. The lowest BCUT2D eigenvalue weighted by Crippen LogP contribution is -2.04. The number of ether oxygens (including phenoxy) is 1. The molecule has 2 nitrogen and oxygen atoms in total. The third-order valence-electron chi connectivity index (χ3n) is 3.30. The van der Waals surface area contributed by atoms with Gasteiger partial charge in [0.05, 0.1) is 11.6 Å². The van der Waals surface area contributed by atoms with Gasteiger partial charge in [-0.05, 0) is 46.1 Å². The molecule has 0 aliphatic carbocycles. The van der Waals surface area contributed by atoms with Crippen LogP contribution in [-0.4, -0.2) is 7.11 Å². The summed E-state index contributed by atoms with van der Waals surface area (Å²) in [4.78, 5) is 0. The summed E-state index contributed by atoms with van der Waals surface area (Å²) in [6.45, 7) is 2.92. The molecule has 0 heterocycles. The van der Waals surface area contributed by atoms with Crippen LogP contribution < -0.4 is 10.1 Å². The molecule has 0 fully saturated rings.